The number of methoxy groups -OCH3 is 1. The van der Waals surface area contributed by atoms with Crippen molar-refractivity contribution in [2.45, 2.75) is 6.42 Å². The minimum Gasteiger partial charge on any atom is -0.497 e. The van der Waals surface area contributed by atoms with Crippen molar-refractivity contribution in [1.82, 2.24) is 0 Å². The Morgan fingerprint density at radius 1 is 0.955 bits per heavy atom. The lowest BCUT2D eigenvalue weighted by Crippen LogP contribution is -2.29. The van der Waals surface area contributed by atoms with E-state index in [9.17, 15) is 10.2 Å². The van der Waals surface area contributed by atoms with E-state index < -0.39 is 0 Å². The highest BCUT2D eigenvalue weighted by Crippen LogP contribution is 2.39. The van der Waals surface area contributed by atoms with E-state index in [1.807, 2.05) is 11.0 Å². The summed E-state index contributed by atoms with van der Waals surface area (Å²) < 4.78 is 5.30. The zero-order valence-electron chi connectivity index (χ0n) is 12.7. The van der Waals surface area contributed by atoms with E-state index in [1.165, 1.54) is 22.3 Å². The molecule has 4 heteroatoms. The van der Waals surface area contributed by atoms with Crippen molar-refractivity contribution in [3.05, 3.63) is 47.5 Å². The van der Waals surface area contributed by atoms with Crippen LogP contribution in [0.5, 0.6) is 5.75 Å². The molecule has 0 aliphatic heterocycles. The first-order valence-corrected chi connectivity index (χ1v) is 7.53. The Hall–Kier alpha value is -2.04. The predicted octanol–water partition coefficient (Wildman–Crippen LogP) is 2.06. The van der Waals surface area contributed by atoms with Gasteiger partial charge in [0, 0.05) is 18.8 Å². The standard InChI is InChI=1S/C18H21NO3/c1-22-16-3-5-18-14(12-16)10-13-11-15(2-4-17(13)18)19(6-8-20)7-9-21/h2-5,11-12,20-21H,6-10H2,1H3. The van der Waals surface area contributed by atoms with Crippen LogP contribution in [-0.2, 0) is 6.42 Å². The molecule has 0 fully saturated rings. The second-order valence-electron chi connectivity index (χ2n) is 5.48. The van der Waals surface area contributed by atoms with Crippen molar-refractivity contribution in [3.8, 4) is 16.9 Å². The number of benzene rings is 2. The monoisotopic (exact) mass is 299 g/mol. The van der Waals surface area contributed by atoms with E-state index in [0.29, 0.717) is 13.1 Å². The first kappa shape index (κ1) is 14.9. The van der Waals surface area contributed by atoms with Gasteiger partial charge in [-0.2, -0.15) is 0 Å². The Bertz CT molecular complexity index is 663. The van der Waals surface area contributed by atoms with Gasteiger partial charge in [0.05, 0.1) is 20.3 Å². The van der Waals surface area contributed by atoms with Gasteiger partial charge in [-0.1, -0.05) is 12.1 Å². The molecule has 4 nitrogen and oxygen atoms in total. The molecule has 0 atom stereocenters. The highest BCUT2D eigenvalue weighted by molar-refractivity contribution is 5.79. The maximum absolute atomic E-state index is 9.18. The number of aliphatic hydroxyl groups excluding tert-OH is 2. The fraction of sp³-hybridized carbons (Fsp3) is 0.333. The second-order valence-corrected chi connectivity index (χ2v) is 5.48. The number of anilines is 1. The Morgan fingerprint density at radius 3 is 2.23 bits per heavy atom. The molecule has 0 amide bonds. The quantitative estimate of drug-likeness (QED) is 0.731. The fourth-order valence-corrected chi connectivity index (χ4v) is 3.11. The summed E-state index contributed by atoms with van der Waals surface area (Å²) in [6.07, 6.45) is 0.891. The number of aliphatic hydroxyl groups is 2. The number of ether oxygens (including phenoxy) is 1. The molecule has 3 rings (SSSR count). The summed E-state index contributed by atoms with van der Waals surface area (Å²) in [6, 6.07) is 12.5. The van der Waals surface area contributed by atoms with Crippen LogP contribution < -0.4 is 9.64 Å². The fourth-order valence-electron chi connectivity index (χ4n) is 3.11. The van der Waals surface area contributed by atoms with Crippen LogP contribution in [0.15, 0.2) is 36.4 Å². The molecule has 0 unspecified atom stereocenters. The van der Waals surface area contributed by atoms with Crippen molar-refractivity contribution in [1.29, 1.82) is 0 Å². The van der Waals surface area contributed by atoms with Crippen LogP contribution in [0.3, 0.4) is 0 Å². The average molecular weight is 299 g/mol. The largest absolute Gasteiger partial charge is 0.497 e. The van der Waals surface area contributed by atoms with Crippen molar-refractivity contribution in [2.75, 3.05) is 38.3 Å². The van der Waals surface area contributed by atoms with Crippen molar-refractivity contribution >= 4 is 5.69 Å². The molecule has 0 radical (unpaired) electrons. The minimum atomic E-state index is 0.0779. The molecule has 1 aliphatic carbocycles. The molecule has 0 saturated carbocycles. The number of fused-ring (bicyclic) bond motifs is 3. The smallest absolute Gasteiger partial charge is 0.119 e. The van der Waals surface area contributed by atoms with Crippen LogP contribution >= 0.6 is 0 Å². The van der Waals surface area contributed by atoms with Gasteiger partial charge in [0.2, 0.25) is 0 Å². The zero-order valence-corrected chi connectivity index (χ0v) is 12.7. The van der Waals surface area contributed by atoms with Crippen LogP contribution in [0, 0.1) is 0 Å². The van der Waals surface area contributed by atoms with E-state index in [-0.39, 0.29) is 13.2 Å². The molecule has 0 spiro atoms. The summed E-state index contributed by atoms with van der Waals surface area (Å²) in [5.41, 5.74) is 6.12. The Labute approximate surface area is 130 Å². The van der Waals surface area contributed by atoms with Crippen LogP contribution in [0.1, 0.15) is 11.1 Å². The molecule has 2 N–H and O–H groups in total. The number of rotatable bonds is 6. The second kappa shape index (κ2) is 6.38. The Kier molecular flexibility index (Phi) is 4.32. The van der Waals surface area contributed by atoms with Crippen molar-refractivity contribution in [3.63, 3.8) is 0 Å². The average Bonchev–Trinajstić information content (AvgIpc) is 2.91. The minimum absolute atomic E-state index is 0.0779. The normalized spacial score (nSPS) is 12.0. The molecule has 0 aromatic heterocycles. The van der Waals surface area contributed by atoms with Gasteiger partial charge >= 0.3 is 0 Å². The van der Waals surface area contributed by atoms with Crippen LogP contribution in [0.25, 0.3) is 11.1 Å². The van der Waals surface area contributed by atoms with Crippen LogP contribution in [0.4, 0.5) is 5.69 Å². The lowest BCUT2D eigenvalue weighted by atomic mass is 10.0. The molecule has 22 heavy (non-hydrogen) atoms. The van der Waals surface area contributed by atoms with E-state index in [0.717, 1.165) is 17.9 Å². The summed E-state index contributed by atoms with van der Waals surface area (Å²) in [5.74, 6) is 0.883. The van der Waals surface area contributed by atoms with Gasteiger partial charge in [0.15, 0.2) is 0 Å². The third-order valence-corrected chi connectivity index (χ3v) is 4.18. The number of hydrogen-bond acceptors (Lipinski definition) is 4. The molecule has 0 heterocycles. The SMILES string of the molecule is COc1ccc2c(c1)Cc1cc(N(CCO)CCO)ccc1-2. The van der Waals surface area contributed by atoms with Crippen LogP contribution in [-0.4, -0.2) is 43.6 Å². The van der Waals surface area contributed by atoms with E-state index in [1.54, 1.807) is 7.11 Å². The summed E-state index contributed by atoms with van der Waals surface area (Å²) in [7, 11) is 1.68. The van der Waals surface area contributed by atoms with E-state index >= 15 is 0 Å². The maximum Gasteiger partial charge on any atom is 0.119 e. The van der Waals surface area contributed by atoms with Gasteiger partial charge in [0.1, 0.15) is 5.75 Å². The van der Waals surface area contributed by atoms with Gasteiger partial charge in [-0.3, -0.25) is 0 Å². The summed E-state index contributed by atoms with van der Waals surface area (Å²) in [4.78, 5) is 2.00. The molecule has 0 bridgehead atoms. The summed E-state index contributed by atoms with van der Waals surface area (Å²) in [6.45, 7) is 1.21. The highest BCUT2D eigenvalue weighted by atomic mass is 16.5. The molecule has 2 aromatic carbocycles. The number of nitrogens with zero attached hydrogens (tertiary/aromatic N) is 1. The van der Waals surface area contributed by atoms with Crippen molar-refractivity contribution in [2.24, 2.45) is 0 Å². The van der Waals surface area contributed by atoms with Gasteiger partial charge in [-0.25, -0.2) is 0 Å². The summed E-state index contributed by atoms with van der Waals surface area (Å²) >= 11 is 0. The maximum atomic E-state index is 9.18. The molecule has 2 aromatic rings. The first-order chi connectivity index (χ1) is 10.8. The highest BCUT2D eigenvalue weighted by Gasteiger charge is 2.20. The first-order valence-electron chi connectivity index (χ1n) is 7.53. The molecular formula is C18H21NO3. The molecular weight excluding hydrogens is 278 g/mol. The zero-order chi connectivity index (χ0) is 15.5. The van der Waals surface area contributed by atoms with E-state index in [2.05, 4.69) is 30.3 Å². The number of hydrogen-bond donors (Lipinski definition) is 2. The van der Waals surface area contributed by atoms with Crippen LogP contribution in [0.2, 0.25) is 0 Å². The molecule has 1 aliphatic rings. The third-order valence-electron chi connectivity index (χ3n) is 4.18. The van der Waals surface area contributed by atoms with Gasteiger partial charge in [-0.05, 0) is 52.9 Å². The lowest BCUT2D eigenvalue weighted by molar-refractivity contribution is 0.281. The topological polar surface area (TPSA) is 52.9 Å². The third kappa shape index (κ3) is 2.67. The van der Waals surface area contributed by atoms with E-state index in [4.69, 9.17) is 4.74 Å². The molecule has 116 valence electrons. The van der Waals surface area contributed by atoms with Gasteiger partial charge < -0.3 is 19.8 Å². The Balaban J connectivity index is 1.92. The lowest BCUT2D eigenvalue weighted by Gasteiger charge is -2.23. The molecule has 0 saturated heterocycles. The predicted molar refractivity (Wildman–Crippen MR) is 87.6 cm³/mol. The summed E-state index contributed by atoms with van der Waals surface area (Å²) in [5, 5.41) is 18.4. The Morgan fingerprint density at radius 2 is 1.59 bits per heavy atom. The van der Waals surface area contributed by atoms with Gasteiger partial charge in [0.25, 0.3) is 0 Å². The van der Waals surface area contributed by atoms with Crippen molar-refractivity contribution < 1.29 is 14.9 Å². The van der Waals surface area contributed by atoms with Gasteiger partial charge in [-0.15, -0.1) is 0 Å².